The highest BCUT2D eigenvalue weighted by atomic mass is 19.4. The minimum absolute atomic E-state index is 0.0388. The van der Waals surface area contributed by atoms with Gasteiger partial charge in [0, 0.05) is 19.4 Å². The maximum atomic E-state index is 12.3. The summed E-state index contributed by atoms with van der Waals surface area (Å²) in [5.41, 5.74) is -0.547. The van der Waals surface area contributed by atoms with E-state index in [4.69, 9.17) is 0 Å². The summed E-state index contributed by atoms with van der Waals surface area (Å²) in [5, 5.41) is 6.34. The number of carbonyl (C=O) groups excluding carboxylic acids is 1. The summed E-state index contributed by atoms with van der Waals surface area (Å²) >= 11 is 0. The second-order valence-electron chi connectivity index (χ2n) is 3.79. The molecule has 0 aliphatic heterocycles. The van der Waals surface area contributed by atoms with E-state index in [1.54, 1.807) is 13.2 Å². The van der Waals surface area contributed by atoms with E-state index in [-0.39, 0.29) is 5.56 Å². The second kappa shape index (κ2) is 4.71. The zero-order chi connectivity index (χ0) is 14.0. The van der Waals surface area contributed by atoms with Crippen LogP contribution in [-0.2, 0) is 13.2 Å². The number of anilines is 1. The quantitative estimate of drug-likeness (QED) is 0.909. The molecule has 0 aliphatic carbocycles. The highest BCUT2D eigenvalue weighted by Gasteiger charge is 2.32. The number of nitrogens with zero attached hydrogens (tertiary/aromatic N) is 3. The van der Waals surface area contributed by atoms with Crippen molar-refractivity contribution in [2.45, 2.75) is 6.18 Å². The molecule has 2 aromatic rings. The van der Waals surface area contributed by atoms with E-state index >= 15 is 0 Å². The topological polar surface area (TPSA) is 59.8 Å². The highest BCUT2D eigenvalue weighted by molar-refractivity contribution is 6.03. The first-order chi connectivity index (χ1) is 8.86. The van der Waals surface area contributed by atoms with E-state index < -0.39 is 17.8 Å². The number of carbonyl (C=O) groups is 1. The van der Waals surface area contributed by atoms with E-state index in [1.165, 1.54) is 10.9 Å². The molecule has 0 saturated carbocycles. The second-order valence-corrected chi connectivity index (χ2v) is 3.79. The van der Waals surface area contributed by atoms with Gasteiger partial charge in [-0.15, -0.1) is 0 Å². The molecule has 0 atom stereocenters. The Kier molecular flexibility index (Phi) is 3.24. The molecule has 2 rings (SSSR count). The van der Waals surface area contributed by atoms with Gasteiger partial charge >= 0.3 is 6.18 Å². The zero-order valence-corrected chi connectivity index (χ0v) is 9.77. The van der Waals surface area contributed by atoms with Crippen molar-refractivity contribution in [3.05, 3.63) is 42.0 Å². The molecule has 8 heteroatoms. The first-order valence-corrected chi connectivity index (χ1v) is 5.19. The molecule has 0 radical (unpaired) electrons. The van der Waals surface area contributed by atoms with Crippen LogP contribution in [0.1, 0.15) is 16.1 Å². The number of aryl methyl sites for hydroxylation is 1. The van der Waals surface area contributed by atoms with Gasteiger partial charge in [-0.25, -0.2) is 0 Å². The molecule has 2 aromatic heterocycles. The molecular weight excluding hydrogens is 261 g/mol. The monoisotopic (exact) mass is 270 g/mol. The van der Waals surface area contributed by atoms with Crippen molar-refractivity contribution in [1.29, 1.82) is 0 Å². The minimum Gasteiger partial charge on any atom is -0.319 e. The molecule has 0 saturated heterocycles. The molecule has 0 aromatic carbocycles. The number of aromatic nitrogens is 3. The van der Waals surface area contributed by atoms with E-state index in [1.807, 2.05) is 0 Å². The Labute approximate surface area is 106 Å². The summed E-state index contributed by atoms with van der Waals surface area (Å²) in [6, 6.07) is 1.83. The van der Waals surface area contributed by atoms with Crippen LogP contribution >= 0.6 is 0 Å². The summed E-state index contributed by atoms with van der Waals surface area (Å²) in [7, 11) is 1.68. The van der Waals surface area contributed by atoms with Gasteiger partial charge in [0.15, 0.2) is 0 Å². The number of hydrogen-bond acceptors (Lipinski definition) is 3. The molecule has 5 nitrogen and oxygen atoms in total. The van der Waals surface area contributed by atoms with Gasteiger partial charge in [0.05, 0.1) is 17.4 Å². The first kappa shape index (κ1) is 13.1. The molecule has 0 spiro atoms. The molecule has 19 heavy (non-hydrogen) atoms. The lowest BCUT2D eigenvalue weighted by Gasteiger charge is -2.06. The van der Waals surface area contributed by atoms with Crippen LogP contribution in [0, 0.1) is 0 Å². The molecule has 0 unspecified atom stereocenters. The van der Waals surface area contributed by atoms with Gasteiger partial charge in [-0.2, -0.15) is 18.3 Å². The lowest BCUT2D eigenvalue weighted by Crippen LogP contribution is -2.14. The number of nitrogens with one attached hydrogen (secondary N) is 1. The Morgan fingerprint density at radius 2 is 2.05 bits per heavy atom. The van der Waals surface area contributed by atoms with Crippen LogP contribution in [0.5, 0.6) is 0 Å². The van der Waals surface area contributed by atoms with Gasteiger partial charge in [0.25, 0.3) is 5.91 Å². The maximum absolute atomic E-state index is 12.3. The smallest absolute Gasteiger partial charge is 0.319 e. The van der Waals surface area contributed by atoms with Crippen molar-refractivity contribution in [1.82, 2.24) is 14.8 Å². The fourth-order valence-corrected chi connectivity index (χ4v) is 1.38. The normalized spacial score (nSPS) is 11.4. The zero-order valence-electron chi connectivity index (χ0n) is 9.77. The molecule has 0 fully saturated rings. The third-order valence-electron chi connectivity index (χ3n) is 2.28. The predicted molar refractivity (Wildman–Crippen MR) is 60.4 cm³/mol. The van der Waals surface area contributed by atoms with Crippen molar-refractivity contribution < 1.29 is 18.0 Å². The molecule has 2 heterocycles. The van der Waals surface area contributed by atoms with Crippen molar-refractivity contribution in [2.75, 3.05) is 5.32 Å². The Morgan fingerprint density at radius 3 is 2.53 bits per heavy atom. The van der Waals surface area contributed by atoms with Gasteiger partial charge in [-0.05, 0) is 12.1 Å². The SMILES string of the molecule is Cn1cc(NC(=O)c2ccc(C(F)(F)F)nc2)cn1. The van der Waals surface area contributed by atoms with Crippen molar-refractivity contribution in [3.63, 3.8) is 0 Å². The third-order valence-corrected chi connectivity index (χ3v) is 2.28. The number of pyridine rings is 1. The molecular formula is C11H9F3N4O. The number of halogens is 3. The van der Waals surface area contributed by atoms with E-state index in [0.29, 0.717) is 5.69 Å². The van der Waals surface area contributed by atoms with E-state index in [2.05, 4.69) is 15.4 Å². The van der Waals surface area contributed by atoms with Crippen LogP contribution in [0.15, 0.2) is 30.7 Å². The largest absolute Gasteiger partial charge is 0.433 e. The summed E-state index contributed by atoms with van der Waals surface area (Å²) in [4.78, 5) is 14.9. The van der Waals surface area contributed by atoms with Gasteiger partial charge < -0.3 is 5.32 Å². The standard InChI is InChI=1S/C11H9F3N4O/c1-18-6-8(5-16-18)17-10(19)7-2-3-9(15-4-7)11(12,13)14/h2-6H,1H3,(H,17,19). The Morgan fingerprint density at radius 1 is 1.32 bits per heavy atom. The Hall–Kier alpha value is -2.38. The minimum atomic E-state index is -4.52. The average molecular weight is 270 g/mol. The number of alkyl halides is 3. The number of rotatable bonds is 2. The first-order valence-electron chi connectivity index (χ1n) is 5.19. The molecule has 100 valence electrons. The van der Waals surface area contributed by atoms with Crippen molar-refractivity contribution in [3.8, 4) is 0 Å². The van der Waals surface area contributed by atoms with Gasteiger partial charge in [-0.1, -0.05) is 0 Å². The lowest BCUT2D eigenvalue weighted by atomic mass is 10.2. The van der Waals surface area contributed by atoms with E-state index in [9.17, 15) is 18.0 Å². The van der Waals surface area contributed by atoms with Gasteiger partial charge in [0.1, 0.15) is 5.69 Å². The molecule has 1 N–H and O–H groups in total. The highest BCUT2D eigenvalue weighted by Crippen LogP contribution is 2.27. The van der Waals surface area contributed by atoms with Crippen LogP contribution in [0.25, 0.3) is 0 Å². The molecule has 0 bridgehead atoms. The van der Waals surface area contributed by atoms with Gasteiger partial charge in [-0.3, -0.25) is 14.5 Å². The third kappa shape index (κ3) is 3.09. The van der Waals surface area contributed by atoms with Crippen LogP contribution < -0.4 is 5.32 Å². The van der Waals surface area contributed by atoms with Crippen LogP contribution in [0.2, 0.25) is 0 Å². The predicted octanol–water partition coefficient (Wildman–Crippen LogP) is 2.09. The van der Waals surface area contributed by atoms with Crippen molar-refractivity contribution in [2.24, 2.45) is 7.05 Å². The Balaban J connectivity index is 2.12. The van der Waals surface area contributed by atoms with Crippen LogP contribution in [0.4, 0.5) is 18.9 Å². The maximum Gasteiger partial charge on any atom is 0.433 e. The number of hydrogen-bond donors (Lipinski definition) is 1. The molecule has 0 aliphatic rings. The van der Waals surface area contributed by atoms with Gasteiger partial charge in [0.2, 0.25) is 0 Å². The fraction of sp³-hybridized carbons (Fsp3) is 0.182. The summed E-state index contributed by atoms with van der Waals surface area (Å²) in [6.45, 7) is 0. The summed E-state index contributed by atoms with van der Waals surface area (Å²) < 4.78 is 38.4. The lowest BCUT2D eigenvalue weighted by molar-refractivity contribution is -0.141. The molecule has 1 amide bonds. The van der Waals surface area contributed by atoms with Crippen LogP contribution in [0.3, 0.4) is 0 Å². The van der Waals surface area contributed by atoms with E-state index in [0.717, 1.165) is 18.3 Å². The summed E-state index contributed by atoms with van der Waals surface area (Å²) in [6.07, 6.45) is -0.641. The fourth-order valence-electron chi connectivity index (χ4n) is 1.38. The Bertz CT molecular complexity index is 589. The number of amides is 1. The van der Waals surface area contributed by atoms with Crippen LogP contribution in [-0.4, -0.2) is 20.7 Å². The average Bonchev–Trinajstić information content (AvgIpc) is 2.74. The van der Waals surface area contributed by atoms with Crippen molar-refractivity contribution >= 4 is 11.6 Å². The summed E-state index contributed by atoms with van der Waals surface area (Å²) in [5.74, 6) is -0.547.